The maximum Gasteiger partial charge on any atom is 0.221 e. The highest BCUT2D eigenvalue weighted by Gasteiger charge is 2.16. The third-order valence-corrected chi connectivity index (χ3v) is 4.74. The minimum Gasteiger partial charge on any atom is -0.377 e. The van der Waals surface area contributed by atoms with E-state index in [1.54, 1.807) is 0 Å². The molecule has 1 aromatic carbocycles. The first kappa shape index (κ1) is 20.1. The average Bonchev–Trinajstić information content (AvgIpc) is 2.49. The van der Waals surface area contributed by atoms with Crippen LogP contribution in [0.1, 0.15) is 27.2 Å². The van der Waals surface area contributed by atoms with Crippen LogP contribution in [-0.4, -0.2) is 45.2 Å². The number of amides is 2. The molecule has 0 bridgehead atoms. The van der Waals surface area contributed by atoms with Gasteiger partial charge < -0.3 is 15.4 Å². The van der Waals surface area contributed by atoms with Crippen LogP contribution < -0.4 is 10.6 Å². The van der Waals surface area contributed by atoms with Gasteiger partial charge in [-0.2, -0.15) is 0 Å². The number of hydrogen-bond acceptors (Lipinski definition) is 5. The predicted octanol–water partition coefficient (Wildman–Crippen LogP) is 1.35. The molecule has 0 aliphatic heterocycles. The number of carbonyl (C=O) groups excluding carboxylic acids is 2. The van der Waals surface area contributed by atoms with Gasteiger partial charge in [-0.1, -0.05) is 0 Å². The summed E-state index contributed by atoms with van der Waals surface area (Å²) in [5, 5.41) is 5.18. The lowest BCUT2D eigenvalue weighted by atomic mass is 10.3. The van der Waals surface area contributed by atoms with E-state index in [0.717, 1.165) is 0 Å². The molecule has 0 aliphatic rings. The van der Waals surface area contributed by atoms with Crippen molar-refractivity contribution >= 4 is 27.3 Å². The molecule has 1 aromatic rings. The zero-order valence-corrected chi connectivity index (χ0v) is 15.0. The van der Waals surface area contributed by atoms with Crippen molar-refractivity contribution in [2.75, 3.05) is 24.2 Å². The van der Waals surface area contributed by atoms with Crippen LogP contribution in [0.5, 0.6) is 0 Å². The maximum absolute atomic E-state index is 12.2. The van der Waals surface area contributed by atoms with Crippen LogP contribution in [-0.2, 0) is 24.2 Å². The first-order valence-corrected chi connectivity index (χ1v) is 9.34. The molecule has 7 nitrogen and oxygen atoms in total. The summed E-state index contributed by atoms with van der Waals surface area (Å²) in [6, 6.07) is 5.85. The van der Waals surface area contributed by atoms with Crippen LogP contribution in [0, 0.1) is 0 Å². The molecule has 0 saturated carbocycles. The van der Waals surface area contributed by atoms with Crippen molar-refractivity contribution in [1.29, 1.82) is 0 Å². The van der Waals surface area contributed by atoms with Gasteiger partial charge in [0.25, 0.3) is 0 Å². The van der Waals surface area contributed by atoms with Crippen molar-refractivity contribution in [3.63, 3.8) is 0 Å². The summed E-state index contributed by atoms with van der Waals surface area (Å²) in [4.78, 5) is 22.7. The van der Waals surface area contributed by atoms with Gasteiger partial charge in [-0.05, 0) is 38.1 Å². The van der Waals surface area contributed by atoms with Crippen molar-refractivity contribution in [2.45, 2.75) is 38.2 Å². The molecular weight excluding hydrogens is 332 g/mol. The third kappa shape index (κ3) is 7.56. The Kier molecular flexibility index (Phi) is 7.87. The molecule has 0 aromatic heterocycles. The Bertz CT molecular complexity index is 654. The Morgan fingerprint density at radius 2 is 1.79 bits per heavy atom. The molecule has 2 N–H and O–H groups in total. The van der Waals surface area contributed by atoms with E-state index < -0.39 is 9.84 Å². The summed E-state index contributed by atoms with van der Waals surface area (Å²) in [5.74, 6) is -0.840. The normalized spacial score (nSPS) is 11.3. The minimum atomic E-state index is -3.55. The molecule has 0 aliphatic carbocycles. The Morgan fingerprint density at radius 1 is 1.17 bits per heavy atom. The highest BCUT2D eigenvalue weighted by molar-refractivity contribution is 7.91. The van der Waals surface area contributed by atoms with E-state index in [0.29, 0.717) is 18.8 Å². The number of hydrogen-bond donors (Lipinski definition) is 2. The number of rotatable bonds is 9. The molecule has 8 heteroatoms. The molecule has 0 saturated heterocycles. The number of nitrogens with one attached hydrogen (secondary N) is 2. The van der Waals surface area contributed by atoms with Gasteiger partial charge in [0.1, 0.15) is 0 Å². The summed E-state index contributed by atoms with van der Waals surface area (Å²) in [6.07, 6.45) is -0.0278. The lowest BCUT2D eigenvalue weighted by molar-refractivity contribution is -0.121. The van der Waals surface area contributed by atoms with Crippen molar-refractivity contribution < 1.29 is 22.7 Å². The molecule has 2 amide bonds. The van der Waals surface area contributed by atoms with E-state index in [1.165, 1.54) is 31.2 Å². The smallest absolute Gasteiger partial charge is 0.221 e. The minimum absolute atomic E-state index is 0.0859. The van der Waals surface area contributed by atoms with Gasteiger partial charge in [0.05, 0.1) is 23.4 Å². The molecule has 0 radical (unpaired) electrons. The third-order valence-electron chi connectivity index (χ3n) is 3.01. The molecular formula is C16H24N2O5S. The molecule has 1 rings (SSSR count). The van der Waals surface area contributed by atoms with Gasteiger partial charge in [0.15, 0.2) is 9.84 Å². The summed E-state index contributed by atoms with van der Waals surface area (Å²) < 4.78 is 29.7. The number of carbonyl (C=O) groups is 2. The fraction of sp³-hybridized carbons (Fsp3) is 0.500. The highest BCUT2D eigenvalue weighted by Crippen LogP contribution is 2.16. The second kappa shape index (κ2) is 9.39. The van der Waals surface area contributed by atoms with Gasteiger partial charge in [-0.3, -0.25) is 9.59 Å². The largest absolute Gasteiger partial charge is 0.377 e. The Hall–Kier alpha value is -1.93. The van der Waals surface area contributed by atoms with Gasteiger partial charge >= 0.3 is 0 Å². The molecule has 24 heavy (non-hydrogen) atoms. The molecule has 0 heterocycles. The van der Waals surface area contributed by atoms with Gasteiger partial charge in [0.2, 0.25) is 11.8 Å². The molecule has 0 fully saturated rings. The van der Waals surface area contributed by atoms with Gasteiger partial charge in [-0.15, -0.1) is 0 Å². The monoisotopic (exact) mass is 356 g/mol. The second-order valence-electron chi connectivity index (χ2n) is 5.54. The SMILES string of the molecule is CC(=O)Nc1ccc(S(=O)(=O)CCC(=O)NCCOC(C)C)cc1. The summed E-state index contributed by atoms with van der Waals surface area (Å²) in [6.45, 7) is 5.90. The van der Waals surface area contributed by atoms with Crippen LogP contribution in [0.2, 0.25) is 0 Å². The van der Waals surface area contributed by atoms with E-state index in [1.807, 2.05) is 13.8 Å². The van der Waals surface area contributed by atoms with Gasteiger partial charge in [0, 0.05) is 25.6 Å². The van der Waals surface area contributed by atoms with Crippen molar-refractivity contribution in [3.05, 3.63) is 24.3 Å². The van der Waals surface area contributed by atoms with E-state index in [-0.39, 0.29) is 35.0 Å². The topological polar surface area (TPSA) is 102 Å². The quantitative estimate of drug-likeness (QED) is 0.650. The van der Waals surface area contributed by atoms with E-state index >= 15 is 0 Å². The zero-order chi connectivity index (χ0) is 18.2. The Morgan fingerprint density at radius 3 is 2.33 bits per heavy atom. The standard InChI is InChI=1S/C16H24N2O5S/c1-12(2)23-10-9-17-16(20)8-11-24(21,22)15-6-4-14(5-7-15)18-13(3)19/h4-7,12H,8-11H2,1-3H3,(H,17,20)(H,18,19). The number of sulfone groups is 1. The van der Waals surface area contributed by atoms with Crippen molar-refractivity contribution in [1.82, 2.24) is 5.32 Å². The average molecular weight is 356 g/mol. The zero-order valence-electron chi connectivity index (χ0n) is 14.2. The fourth-order valence-electron chi connectivity index (χ4n) is 1.87. The van der Waals surface area contributed by atoms with Crippen LogP contribution >= 0.6 is 0 Å². The highest BCUT2D eigenvalue weighted by atomic mass is 32.2. The Labute approximate surface area is 142 Å². The van der Waals surface area contributed by atoms with Crippen LogP contribution in [0.25, 0.3) is 0 Å². The number of ether oxygens (including phenoxy) is 1. The fourth-order valence-corrected chi connectivity index (χ4v) is 3.11. The van der Waals surface area contributed by atoms with E-state index in [9.17, 15) is 18.0 Å². The lowest BCUT2D eigenvalue weighted by Crippen LogP contribution is -2.29. The van der Waals surface area contributed by atoms with Crippen molar-refractivity contribution in [3.8, 4) is 0 Å². The van der Waals surface area contributed by atoms with Crippen LogP contribution in [0.15, 0.2) is 29.2 Å². The van der Waals surface area contributed by atoms with E-state index in [2.05, 4.69) is 10.6 Å². The molecule has 0 unspecified atom stereocenters. The van der Waals surface area contributed by atoms with E-state index in [4.69, 9.17) is 4.74 Å². The lowest BCUT2D eigenvalue weighted by Gasteiger charge is -2.09. The second-order valence-corrected chi connectivity index (χ2v) is 7.65. The predicted molar refractivity (Wildman–Crippen MR) is 91.5 cm³/mol. The van der Waals surface area contributed by atoms with Crippen LogP contribution in [0.3, 0.4) is 0 Å². The van der Waals surface area contributed by atoms with Crippen LogP contribution in [0.4, 0.5) is 5.69 Å². The summed E-state index contributed by atoms with van der Waals surface area (Å²) in [5.41, 5.74) is 0.518. The maximum atomic E-state index is 12.2. The molecule has 0 atom stereocenters. The van der Waals surface area contributed by atoms with Crippen molar-refractivity contribution in [2.24, 2.45) is 0 Å². The first-order valence-electron chi connectivity index (χ1n) is 7.69. The first-order chi connectivity index (χ1) is 11.2. The number of benzene rings is 1. The molecule has 0 spiro atoms. The summed E-state index contributed by atoms with van der Waals surface area (Å²) >= 11 is 0. The number of anilines is 1. The summed E-state index contributed by atoms with van der Waals surface area (Å²) in [7, 11) is -3.55. The van der Waals surface area contributed by atoms with Gasteiger partial charge in [-0.25, -0.2) is 8.42 Å². The molecule has 134 valence electrons. The Balaban J connectivity index is 2.48.